The number of thiazole rings is 1. The second-order valence-electron chi connectivity index (χ2n) is 6.71. The average molecular weight is 498 g/mol. The Morgan fingerprint density at radius 2 is 1.71 bits per heavy atom. The van der Waals surface area contributed by atoms with Crippen molar-refractivity contribution in [2.24, 2.45) is 0 Å². The predicted octanol–water partition coefficient (Wildman–Crippen LogP) is 6.36. The smallest absolute Gasteiger partial charge is 0.261 e. The van der Waals surface area contributed by atoms with Crippen LogP contribution in [-0.2, 0) is 6.54 Å². The highest BCUT2D eigenvalue weighted by molar-refractivity contribution is 14.1. The Bertz CT molecular complexity index is 1150. The monoisotopic (exact) mass is 498 g/mol. The average Bonchev–Trinajstić information content (AvgIpc) is 3.14. The second kappa shape index (κ2) is 8.01. The molecule has 3 nitrogen and oxygen atoms in total. The van der Waals surface area contributed by atoms with E-state index in [1.54, 1.807) is 16.2 Å². The molecule has 0 aliphatic heterocycles. The van der Waals surface area contributed by atoms with Gasteiger partial charge in [0.2, 0.25) is 0 Å². The SMILES string of the molecule is Cc1ccc2sc(N(Cc3ccccc3)C(=O)c3ccccc3I)nc2c1C. The number of anilines is 1. The van der Waals surface area contributed by atoms with Crippen LogP contribution in [-0.4, -0.2) is 10.9 Å². The quantitative estimate of drug-likeness (QED) is 0.307. The highest BCUT2D eigenvalue weighted by Crippen LogP contribution is 2.33. The molecule has 0 unspecified atom stereocenters. The van der Waals surface area contributed by atoms with Crippen molar-refractivity contribution in [3.05, 3.63) is 92.6 Å². The molecule has 140 valence electrons. The number of hydrogen-bond donors (Lipinski definition) is 0. The van der Waals surface area contributed by atoms with Crippen LogP contribution in [0.15, 0.2) is 66.7 Å². The number of aryl methyl sites for hydroxylation is 2. The van der Waals surface area contributed by atoms with Crippen LogP contribution < -0.4 is 4.90 Å². The third-order valence-electron chi connectivity index (χ3n) is 4.84. The lowest BCUT2D eigenvalue weighted by molar-refractivity contribution is 0.0984. The van der Waals surface area contributed by atoms with E-state index in [0.29, 0.717) is 12.1 Å². The Hall–Kier alpha value is -2.25. The standard InChI is InChI=1S/C23H19IN2OS/c1-15-12-13-20-21(16(15)2)25-23(28-20)26(14-17-8-4-3-5-9-17)22(27)18-10-6-7-11-19(18)24/h3-13H,14H2,1-2H3. The fourth-order valence-corrected chi connectivity index (χ4v) is 4.74. The third-order valence-corrected chi connectivity index (χ3v) is 6.82. The van der Waals surface area contributed by atoms with E-state index >= 15 is 0 Å². The van der Waals surface area contributed by atoms with E-state index in [-0.39, 0.29) is 5.91 Å². The molecule has 4 aromatic rings. The fraction of sp³-hybridized carbons (Fsp3) is 0.130. The summed E-state index contributed by atoms with van der Waals surface area (Å²) in [7, 11) is 0. The number of benzene rings is 3. The van der Waals surface area contributed by atoms with Crippen molar-refractivity contribution in [2.75, 3.05) is 4.90 Å². The van der Waals surface area contributed by atoms with E-state index in [1.165, 1.54) is 11.1 Å². The van der Waals surface area contributed by atoms with Crippen LogP contribution in [0.5, 0.6) is 0 Å². The zero-order valence-corrected chi connectivity index (χ0v) is 18.6. The van der Waals surface area contributed by atoms with Crippen LogP contribution in [0.3, 0.4) is 0 Å². The fourth-order valence-electron chi connectivity index (χ4n) is 3.10. The number of amides is 1. The van der Waals surface area contributed by atoms with Gasteiger partial charge >= 0.3 is 0 Å². The number of rotatable bonds is 4. The van der Waals surface area contributed by atoms with Gasteiger partial charge in [-0.15, -0.1) is 0 Å². The van der Waals surface area contributed by atoms with Gasteiger partial charge in [-0.3, -0.25) is 9.69 Å². The van der Waals surface area contributed by atoms with Gasteiger partial charge < -0.3 is 0 Å². The molecule has 0 aliphatic rings. The van der Waals surface area contributed by atoms with Crippen LogP contribution >= 0.6 is 33.9 Å². The first-order valence-electron chi connectivity index (χ1n) is 9.01. The molecule has 0 N–H and O–H groups in total. The first kappa shape index (κ1) is 19.1. The van der Waals surface area contributed by atoms with E-state index in [1.807, 2.05) is 54.6 Å². The van der Waals surface area contributed by atoms with Crippen LogP contribution in [0, 0.1) is 17.4 Å². The largest absolute Gasteiger partial charge is 0.279 e. The van der Waals surface area contributed by atoms with Crippen LogP contribution in [0.1, 0.15) is 27.0 Å². The van der Waals surface area contributed by atoms with E-state index in [9.17, 15) is 4.79 Å². The molecule has 0 saturated heterocycles. The summed E-state index contributed by atoms with van der Waals surface area (Å²) in [6.07, 6.45) is 0. The molecule has 1 aromatic heterocycles. The summed E-state index contributed by atoms with van der Waals surface area (Å²) in [5.41, 5.74) is 5.14. The highest BCUT2D eigenvalue weighted by atomic mass is 127. The predicted molar refractivity (Wildman–Crippen MR) is 125 cm³/mol. The topological polar surface area (TPSA) is 33.2 Å². The second-order valence-corrected chi connectivity index (χ2v) is 8.88. The molecule has 28 heavy (non-hydrogen) atoms. The molecule has 1 heterocycles. The van der Waals surface area contributed by atoms with Crippen molar-refractivity contribution in [3.63, 3.8) is 0 Å². The number of fused-ring (bicyclic) bond motifs is 1. The van der Waals surface area contributed by atoms with Crippen molar-refractivity contribution in [2.45, 2.75) is 20.4 Å². The van der Waals surface area contributed by atoms with Crippen molar-refractivity contribution in [3.8, 4) is 0 Å². The molecular weight excluding hydrogens is 479 g/mol. The molecule has 0 bridgehead atoms. The van der Waals surface area contributed by atoms with Crippen molar-refractivity contribution in [1.82, 2.24) is 4.98 Å². The molecular formula is C23H19IN2OS. The molecule has 4 rings (SSSR count). The summed E-state index contributed by atoms with van der Waals surface area (Å²) in [6, 6.07) is 22.0. The van der Waals surface area contributed by atoms with Gasteiger partial charge in [0.1, 0.15) is 0 Å². The minimum Gasteiger partial charge on any atom is -0.279 e. The lowest BCUT2D eigenvalue weighted by Gasteiger charge is -2.20. The molecule has 0 atom stereocenters. The number of aromatic nitrogens is 1. The van der Waals surface area contributed by atoms with Gasteiger partial charge in [-0.1, -0.05) is 59.9 Å². The summed E-state index contributed by atoms with van der Waals surface area (Å²) in [4.78, 5) is 20.2. The Balaban J connectivity index is 1.82. The van der Waals surface area contributed by atoms with Gasteiger partial charge in [-0.05, 0) is 71.3 Å². The molecule has 0 aliphatic carbocycles. The van der Waals surface area contributed by atoms with Crippen molar-refractivity contribution < 1.29 is 4.79 Å². The maximum Gasteiger partial charge on any atom is 0.261 e. The highest BCUT2D eigenvalue weighted by Gasteiger charge is 2.23. The molecule has 3 aromatic carbocycles. The molecule has 0 fully saturated rings. The first-order valence-corrected chi connectivity index (χ1v) is 10.9. The van der Waals surface area contributed by atoms with Crippen LogP contribution in [0.25, 0.3) is 10.2 Å². The van der Waals surface area contributed by atoms with Crippen molar-refractivity contribution in [1.29, 1.82) is 0 Å². The summed E-state index contributed by atoms with van der Waals surface area (Å²) >= 11 is 3.79. The van der Waals surface area contributed by atoms with Crippen LogP contribution in [0.4, 0.5) is 5.13 Å². The van der Waals surface area contributed by atoms with Gasteiger partial charge in [0, 0.05) is 3.57 Å². The minimum absolute atomic E-state index is 0.0257. The molecule has 0 radical (unpaired) electrons. The molecule has 5 heteroatoms. The van der Waals surface area contributed by atoms with Gasteiger partial charge in [0.05, 0.1) is 22.3 Å². The van der Waals surface area contributed by atoms with E-state index in [0.717, 1.165) is 24.5 Å². The first-order chi connectivity index (χ1) is 13.5. The Morgan fingerprint density at radius 3 is 2.46 bits per heavy atom. The van der Waals surface area contributed by atoms with E-state index < -0.39 is 0 Å². The molecule has 0 spiro atoms. The number of halogens is 1. The Kier molecular flexibility index (Phi) is 5.46. The summed E-state index contributed by atoms with van der Waals surface area (Å²) < 4.78 is 2.04. The van der Waals surface area contributed by atoms with Crippen LogP contribution in [0.2, 0.25) is 0 Å². The lowest BCUT2D eigenvalue weighted by atomic mass is 10.1. The summed E-state index contributed by atoms with van der Waals surface area (Å²) in [6.45, 7) is 4.67. The van der Waals surface area contributed by atoms with Gasteiger partial charge in [0.15, 0.2) is 5.13 Å². The van der Waals surface area contributed by atoms with Gasteiger partial charge in [0.25, 0.3) is 5.91 Å². The Labute approximate surface area is 182 Å². The molecule has 0 saturated carbocycles. The number of carbonyl (C=O) groups excluding carboxylic acids is 1. The zero-order chi connectivity index (χ0) is 19.7. The number of carbonyl (C=O) groups is 1. The van der Waals surface area contributed by atoms with E-state index in [4.69, 9.17) is 4.98 Å². The molecule has 1 amide bonds. The van der Waals surface area contributed by atoms with Gasteiger partial charge in [-0.25, -0.2) is 4.98 Å². The van der Waals surface area contributed by atoms with Gasteiger partial charge in [-0.2, -0.15) is 0 Å². The number of nitrogens with zero attached hydrogens (tertiary/aromatic N) is 2. The minimum atomic E-state index is -0.0257. The summed E-state index contributed by atoms with van der Waals surface area (Å²) in [5, 5.41) is 0.734. The lowest BCUT2D eigenvalue weighted by Crippen LogP contribution is -2.30. The van der Waals surface area contributed by atoms with Crippen molar-refractivity contribution >= 4 is 55.2 Å². The Morgan fingerprint density at radius 1 is 1.00 bits per heavy atom. The maximum absolute atomic E-state index is 13.5. The summed E-state index contributed by atoms with van der Waals surface area (Å²) in [5.74, 6) is -0.0257. The maximum atomic E-state index is 13.5. The third kappa shape index (κ3) is 3.69. The normalized spacial score (nSPS) is 11.0. The number of hydrogen-bond acceptors (Lipinski definition) is 3. The van der Waals surface area contributed by atoms with E-state index in [2.05, 4.69) is 48.6 Å². The zero-order valence-electron chi connectivity index (χ0n) is 15.6.